The van der Waals surface area contributed by atoms with Gasteiger partial charge in [-0.3, -0.25) is 0 Å². The number of rotatable bonds is 7. The zero-order chi connectivity index (χ0) is 37.7. The topological polar surface area (TPSA) is 8.17 Å². The third kappa shape index (κ3) is 5.63. The van der Waals surface area contributed by atoms with E-state index in [1.165, 1.54) is 75.4 Å². The van der Waals surface area contributed by atoms with Gasteiger partial charge >= 0.3 is 0 Å². The molecule has 0 N–H and O–H groups in total. The van der Waals surface area contributed by atoms with E-state index in [1.54, 1.807) is 0 Å². The highest BCUT2D eigenvalue weighted by Crippen LogP contribution is 2.49. The van der Waals surface area contributed by atoms with Gasteiger partial charge in [0.1, 0.15) is 0 Å². The van der Waals surface area contributed by atoms with Crippen molar-refractivity contribution in [3.63, 3.8) is 0 Å². The summed E-state index contributed by atoms with van der Waals surface area (Å²) >= 11 is 1.87. The number of anilines is 3. The van der Waals surface area contributed by atoms with E-state index in [2.05, 4.69) is 228 Å². The molecule has 11 rings (SSSR count). The van der Waals surface area contributed by atoms with Crippen LogP contribution in [0.15, 0.2) is 218 Å². The number of para-hydroxylation sites is 2. The molecule has 2 heterocycles. The summed E-state index contributed by atoms with van der Waals surface area (Å²) < 4.78 is 4.96. The highest BCUT2D eigenvalue weighted by atomic mass is 32.1. The second-order valence-corrected chi connectivity index (χ2v) is 15.5. The van der Waals surface area contributed by atoms with Crippen LogP contribution in [0, 0.1) is 0 Å². The second-order valence-electron chi connectivity index (χ2n) is 14.5. The van der Waals surface area contributed by atoms with Crippen molar-refractivity contribution >= 4 is 70.4 Å². The minimum atomic E-state index is 1.10. The Morgan fingerprint density at radius 2 is 0.930 bits per heavy atom. The van der Waals surface area contributed by atoms with Gasteiger partial charge in [0.15, 0.2) is 0 Å². The molecule has 9 aromatic carbocycles. The minimum absolute atomic E-state index is 1.10. The summed E-state index contributed by atoms with van der Waals surface area (Å²) in [5.74, 6) is 0. The molecule has 0 radical (unpaired) electrons. The lowest BCUT2D eigenvalue weighted by atomic mass is 9.92. The maximum absolute atomic E-state index is 2.51. The molecule has 0 aliphatic heterocycles. The molecule has 268 valence electrons. The molecular formula is C54H36N2S. The van der Waals surface area contributed by atoms with Crippen molar-refractivity contribution in [2.75, 3.05) is 4.90 Å². The van der Waals surface area contributed by atoms with Crippen LogP contribution >= 0.6 is 11.3 Å². The molecule has 0 aliphatic rings. The predicted molar refractivity (Wildman–Crippen MR) is 245 cm³/mol. The van der Waals surface area contributed by atoms with E-state index in [-0.39, 0.29) is 0 Å². The predicted octanol–water partition coefficient (Wildman–Crippen LogP) is 15.6. The SMILES string of the molecule is c1ccc(-c2ccc(-c3ccc(N(c4cccc5c4sc4ccccc45)c4cccc5c4c4ccccc4n5-c4ccccc4)cc3-c3ccccc3)cc2)cc1. The number of hydrogen-bond donors (Lipinski definition) is 0. The van der Waals surface area contributed by atoms with E-state index in [1.807, 2.05) is 11.3 Å². The van der Waals surface area contributed by atoms with Crippen LogP contribution in [0.4, 0.5) is 17.1 Å². The quantitative estimate of drug-likeness (QED) is 0.158. The number of thiophene rings is 1. The van der Waals surface area contributed by atoms with Crippen LogP contribution in [0.5, 0.6) is 0 Å². The van der Waals surface area contributed by atoms with Gasteiger partial charge < -0.3 is 9.47 Å². The molecule has 3 heteroatoms. The number of benzene rings is 9. The van der Waals surface area contributed by atoms with Crippen molar-refractivity contribution in [1.29, 1.82) is 0 Å². The Morgan fingerprint density at radius 3 is 1.72 bits per heavy atom. The molecule has 0 saturated heterocycles. The van der Waals surface area contributed by atoms with Gasteiger partial charge in [-0.05, 0) is 88.0 Å². The summed E-state index contributed by atoms with van der Waals surface area (Å²) in [7, 11) is 0. The maximum atomic E-state index is 2.51. The van der Waals surface area contributed by atoms with E-state index in [9.17, 15) is 0 Å². The van der Waals surface area contributed by atoms with Crippen LogP contribution < -0.4 is 4.90 Å². The third-order valence-corrected chi connectivity index (χ3v) is 12.4. The fraction of sp³-hybridized carbons (Fsp3) is 0. The van der Waals surface area contributed by atoms with Crippen LogP contribution in [0.3, 0.4) is 0 Å². The van der Waals surface area contributed by atoms with Crippen LogP contribution in [0.2, 0.25) is 0 Å². The van der Waals surface area contributed by atoms with Gasteiger partial charge in [-0.15, -0.1) is 11.3 Å². The first kappa shape index (κ1) is 33.2. The molecule has 0 spiro atoms. The molecule has 0 fully saturated rings. The van der Waals surface area contributed by atoms with Gasteiger partial charge in [-0.25, -0.2) is 0 Å². The molecule has 0 atom stereocenters. The van der Waals surface area contributed by atoms with Crippen molar-refractivity contribution in [1.82, 2.24) is 4.57 Å². The van der Waals surface area contributed by atoms with Crippen LogP contribution in [-0.2, 0) is 0 Å². The Balaban J connectivity index is 1.19. The van der Waals surface area contributed by atoms with Gasteiger partial charge in [-0.2, -0.15) is 0 Å². The van der Waals surface area contributed by atoms with E-state index in [0.717, 1.165) is 22.7 Å². The molecule has 11 aromatic rings. The lowest BCUT2D eigenvalue weighted by Crippen LogP contribution is -2.11. The van der Waals surface area contributed by atoms with Crippen molar-refractivity contribution in [2.24, 2.45) is 0 Å². The second kappa shape index (κ2) is 13.8. The summed E-state index contributed by atoms with van der Waals surface area (Å²) in [5, 5.41) is 5.00. The van der Waals surface area contributed by atoms with Gasteiger partial charge in [0.25, 0.3) is 0 Å². The van der Waals surface area contributed by atoms with Gasteiger partial charge in [-0.1, -0.05) is 164 Å². The molecule has 0 saturated carbocycles. The average molecular weight is 745 g/mol. The molecule has 0 aliphatic carbocycles. The summed E-state index contributed by atoms with van der Waals surface area (Å²) in [6.45, 7) is 0. The maximum Gasteiger partial charge on any atom is 0.0640 e. The molecule has 0 unspecified atom stereocenters. The number of hydrogen-bond acceptors (Lipinski definition) is 2. The fourth-order valence-electron chi connectivity index (χ4n) is 8.61. The van der Waals surface area contributed by atoms with E-state index in [4.69, 9.17) is 0 Å². The van der Waals surface area contributed by atoms with Crippen molar-refractivity contribution in [2.45, 2.75) is 0 Å². The van der Waals surface area contributed by atoms with Crippen LogP contribution in [-0.4, -0.2) is 4.57 Å². The molecule has 0 amide bonds. The third-order valence-electron chi connectivity index (χ3n) is 11.2. The Morgan fingerprint density at radius 1 is 0.368 bits per heavy atom. The summed E-state index contributed by atoms with van der Waals surface area (Å²) in [6, 6.07) is 79.4. The van der Waals surface area contributed by atoms with Crippen molar-refractivity contribution < 1.29 is 0 Å². The normalized spacial score (nSPS) is 11.5. The Bertz CT molecular complexity index is 3220. The fourth-order valence-corrected chi connectivity index (χ4v) is 9.82. The van der Waals surface area contributed by atoms with Gasteiger partial charge in [0.2, 0.25) is 0 Å². The van der Waals surface area contributed by atoms with Crippen LogP contribution in [0.25, 0.3) is 81.0 Å². The van der Waals surface area contributed by atoms with Gasteiger partial charge in [0.05, 0.1) is 27.1 Å². The lowest BCUT2D eigenvalue weighted by molar-refractivity contribution is 1.18. The first-order valence-corrected chi connectivity index (χ1v) is 20.3. The first-order chi connectivity index (χ1) is 28.3. The number of aromatic nitrogens is 1. The minimum Gasteiger partial charge on any atom is -0.309 e. The molecule has 2 aromatic heterocycles. The molecule has 0 bridgehead atoms. The van der Waals surface area contributed by atoms with Gasteiger partial charge in [0, 0.05) is 37.6 Å². The molecule has 57 heavy (non-hydrogen) atoms. The molecular weight excluding hydrogens is 709 g/mol. The van der Waals surface area contributed by atoms with Crippen LogP contribution in [0.1, 0.15) is 0 Å². The molecule has 2 nitrogen and oxygen atoms in total. The zero-order valence-electron chi connectivity index (χ0n) is 31.1. The van der Waals surface area contributed by atoms with E-state index in [0.29, 0.717) is 0 Å². The van der Waals surface area contributed by atoms with E-state index < -0.39 is 0 Å². The standard InChI is InChI=1S/C54H36N2S/c1-4-16-37(17-5-1)38-30-32-40(33-31-38)43-35-34-42(36-47(43)39-18-6-2-7-19-39)56(51-28-14-24-45-44-22-11-13-29-52(44)57-54(45)51)50-27-15-26-49-53(50)46-23-10-12-25-48(46)55(49)41-20-8-3-9-21-41/h1-36H. The smallest absolute Gasteiger partial charge is 0.0640 e. The highest BCUT2D eigenvalue weighted by Gasteiger charge is 2.24. The Labute approximate surface area is 335 Å². The largest absolute Gasteiger partial charge is 0.309 e. The summed E-state index contributed by atoms with van der Waals surface area (Å²) in [6.07, 6.45) is 0. The monoisotopic (exact) mass is 744 g/mol. The average Bonchev–Trinajstić information content (AvgIpc) is 3.84. The Kier molecular flexibility index (Phi) is 8.04. The zero-order valence-corrected chi connectivity index (χ0v) is 31.9. The Hall–Kier alpha value is -7.20. The lowest BCUT2D eigenvalue weighted by Gasteiger charge is -2.28. The number of nitrogens with zero attached hydrogens (tertiary/aromatic N) is 2. The first-order valence-electron chi connectivity index (χ1n) is 19.4. The van der Waals surface area contributed by atoms with E-state index >= 15 is 0 Å². The highest BCUT2D eigenvalue weighted by molar-refractivity contribution is 7.26. The van der Waals surface area contributed by atoms with Crippen molar-refractivity contribution in [3.8, 4) is 39.1 Å². The summed E-state index contributed by atoms with van der Waals surface area (Å²) in [5.41, 5.74) is 14.1. The number of fused-ring (bicyclic) bond motifs is 6. The summed E-state index contributed by atoms with van der Waals surface area (Å²) in [4.78, 5) is 2.51. The van der Waals surface area contributed by atoms with Crippen molar-refractivity contribution in [3.05, 3.63) is 218 Å².